The summed E-state index contributed by atoms with van der Waals surface area (Å²) in [5.41, 5.74) is 3.32. The predicted octanol–water partition coefficient (Wildman–Crippen LogP) is 4.95. The highest BCUT2D eigenvalue weighted by atomic mass is 79.9. The largest absolute Gasteiger partial charge is 0.306 e. The highest BCUT2D eigenvalue weighted by molar-refractivity contribution is 9.10. The van der Waals surface area contributed by atoms with Crippen LogP contribution < -0.4 is 5.32 Å². The second kappa shape index (κ2) is 6.86. The Labute approximate surface area is 137 Å². The molecule has 2 aromatic rings. The Balaban J connectivity index is 2.56. The number of aromatic nitrogens is 1. The number of nitrogens with zero attached hydrogens (tertiary/aromatic N) is 1. The van der Waals surface area contributed by atoms with E-state index < -0.39 is 5.82 Å². The highest BCUT2D eigenvalue weighted by Gasteiger charge is 2.22. The summed E-state index contributed by atoms with van der Waals surface area (Å²) in [4.78, 5) is 4.47. The molecule has 0 aliphatic carbocycles. The third-order valence-electron chi connectivity index (χ3n) is 3.36. The van der Waals surface area contributed by atoms with E-state index in [0.29, 0.717) is 16.6 Å². The molecule has 1 heterocycles. The van der Waals surface area contributed by atoms with Gasteiger partial charge in [0.05, 0.1) is 11.1 Å². The first-order valence-corrected chi connectivity index (χ1v) is 7.93. The zero-order valence-electron chi connectivity index (χ0n) is 12.2. The van der Waals surface area contributed by atoms with E-state index in [1.54, 1.807) is 12.1 Å². The average molecular weight is 372 g/mol. The van der Waals surface area contributed by atoms with Gasteiger partial charge in [0, 0.05) is 21.4 Å². The molecule has 1 unspecified atom stereocenters. The van der Waals surface area contributed by atoms with Crippen molar-refractivity contribution in [2.45, 2.75) is 26.8 Å². The van der Waals surface area contributed by atoms with Gasteiger partial charge in [-0.2, -0.15) is 0 Å². The second-order valence-corrected chi connectivity index (χ2v) is 6.11. The number of rotatable bonds is 4. The lowest BCUT2D eigenvalue weighted by Crippen LogP contribution is -2.24. The van der Waals surface area contributed by atoms with Crippen LogP contribution in [0.2, 0.25) is 5.02 Å². The fraction of sp³-hybridized carbons (Fsp3) is 0.312. The van der Waals surface area contributed by atoms with Crippen molar-refractivity contribution in [1.29, 1.82) is 0 Å². The van der Waals surface area contributed by atoms with E-state index in [0.717, 1.165) is 17.0 Å². The molecule has 0 fully saturated rings. The number of benzene rings is 1. The molecule has 0 bridgehead atoms. The predicted molar refractivity (Wildman–Crippen MR) is 88.3 cm³/mol. The Morgan fingerprint density at radius 3 is 2.52 bits per heavy atom. The Morgan fingerprint density at radius 2 is 1.90 bits per heavy atom. The van der Waals surface area contributed by atoms with Gasteiger partial charge in [-0.3, -0.25) is 4.98 Å². The molecule has 1 aromatic carbocycles. The van der Waals surface area contributed by atoms with Gasteiger partial charge in [0.15, 0.2) is 0 Å². The summed E-state index contributed by atoms with van der Waals surface area (Å²) < 4.78 is 15.1. The summed E-state index contributed by atoms with van der Waals surface area (Å²) in [5.74, 6) is -0.406. The maximum atomic E-state index is 14.5. The third-order valence-corrected chi connectivity index (χ3v) is 4.62. The van der Waals surface area contributed by atoms with Crippen molar-refractivity contribution in [3.63, 3.8) is 0 Å². The number of halogens is 3. The van der Waals surface area contributed by atoms with E-state index >= 15 is 0 Å². The van der Waals surface area contributed by atoms with Crippen LogP contribution in [0.1, 0.15) is 35.5 Å². The van der Waals surface area contributed by atoms with E-state index in [2.05, 4.69) is 26.2 Å². The number of aryl methyl sites for hydroxylation is 2. The van der Waals surface area contributed by atoms with Gasteiger partial charge in [0.25, 0.3) is 0 Å². The molecule has 0 amide bonds. The fourth-order valence-electron chi connectivity index (χ4n) is 2.36. The van der Waals surface area contributed by atoms with Gasteiger partial charge >= 0.3 is 0 Å². The smallest absolute Gasteiger partial charge is 0.148 e. The summed E-state index contributed by atoms with van der Waals surface area (Å²) in [6, 6.07) is 7.17. The molecule has 21 heavy (non-hydrogen) atoms. The van der Waals surface area contributed by atoms with Gasteiger partial charge in [0.1, 0.15) is 5.82 Å². The Hall–Kier alpha value is -0.970. The van der Waals surface area contributed by atoms with Gasteiger partial charge in [-0.05, 0) is 54.0 Å². The van der Waals surface area contributed by atoms with Crippen molar-refractivity contribution in [3.05, 3.63) is 62.1 Å². The van der Waals surface area contributed by atoms with Crippen molar-refractivity contribution >= 4 is 27.5 Å². The molecule has 0 radical (unpaired) electrons. The van der Waals surface area contributed by atoms with Crippen LogP contribution in [0.25, 0.3) is 0 Å². The normalized spacial score (nSPS) is 12.5. The zero-order valence-corrected chi connectivity index (χ0v) is 14.5. The van der Waals surface area contributed by atoms with E-state index in [-0.39, 0.29) is 11.1 Å². The lowest BCUT2D eigenvalue weighted by Gasteiger charge is -2.22. The van der Waals surface area contributed by atoms with Crippen molar-refractivity contribution in [3.8, 4) is 0 Å². The van der Waals surface area contributed by atoms with Crippen molar-refractivity contribution in [2.75, 3.05) is 6.54 Å². The SMILES string of the molecule is CCNC(c1ccc(C)nc1C)c1ccc(Br)c(Cl)c1F. The molecular weight excluding hydrogens is 355 g/mol. The lowest BCUT2D eigenvalue weighted by molar-refractivity contribution is 0.556. The molecule has 5 heteroatoms. The summed E-state index contributed by atoms with van der Waals surface area (Å²) in [6.45, 7) is 6.58. The Bertz CT molecular complexity index is 661. The molecule has 0 aliphatic heterocycles. The molecule has 0 saturated carbocycles. The maximum absolute atomic E-state index is 14.5. The first-order valence-electron chi connectivity index (χ1n) is 6.76. The average Bonchev–Trinajstić information content (AvgIpc) is 2.44. The molecule has 1 aromatic heterocycles. The lowest BCUT2D eigenvalue weighted by atomic mass is 9.96. The highest BCUT2D eigenvalue weighted by Crippen LogP contribution is 2.33. The molecule has 1 atom stereocenters. The molecule has 112 valence electrons. The van der Waals surface area contributed by atoms with Crippen molar-refractivity contribution < 1.29 is 4.39 Å². The van der Waals surface area contributed by atoms with Gasteiger partial charge < -0.3 is 5.32 Å². The minimum Gasteiger partial charge on any atom is -0.306 e. The number of pyridine rings is 1. The Kier molecular flexibility index (Phi) is 5.36. The minimum absolute atomic E-state index is 0.105. The van der Waals surface area contributed by atoms with Crippen LogP contribution in [0.4, 0.5) is 4.39 Å². The summed E-state index contributed by atoms with van der Waals surface area (Å²) in [6.07, 6.45) is 0. The molecule has 2 rings (SSSR count). The van der Waals surface area contributed by atoms with E-state index in [1.807, 2.05) is 32.9 Å². The van der Waals surface area contributed by atoms with E-state index in [4.69, 9.17) is 11.6 Å². The van der Waals surface area contributed by atoms with Crippen LogP contribution >= 0.6 is 27.5 Å². The molecule has 0 saturated heterocycles. The molecule has 0 aliphatic rings. The van der Waals surface area contributed by atoms with Crippen LogP contribution in [0.3, 0.4) is 0 Å². The monoisotopic (exact) mass is 370 g/mol. The molecular formula is C16H17BrClFN2. The topological polar surface area (TPSA) is 24.9 Å². The summed E-state index contributed by atoms with van der Waals surface area (Å²) >= 11 is 9.26. The number of hydrogen-bond acceptors (Lipinski definition) is 2. The van der Waals surface area contributed by atoms with Crippen LogP contribution in [0.5, 0.6) is 0 Å². The quantitative estimate of drug-likeness (QED) is 0.769. The van der Waals surface area contributed by atoms with Gasteiger partial charge in [-0.25, -0.2) is 4.39 Å². The standard InChI is InChI=1S/C16H17BrClFN2/c1-4-20-16(11-6-5-9(2)21-10(11)3)12-7-8-13(17)14(18)15(12)19/h5-8,16,20H,4H2,1-3H3. The molecule has 1 N–H and O–H groups in total. The van der Waals surface area contributed by atoms with Gasteiger partial charge in [-0.15, -0.1) is 0 Å². The van der Waals surface area contributed by atoms with Crippen LogP contribution in [0, 0.1) is 19.7 Å². The zero-order chi connectivity index (χ0) is 15.6. The molecule has 0 spiro atoms. The van der Waals surface area contributed by atoms with E-state index in [1.165, 1.54) is 0 Å². The first-order chi connectivity index (χ1) is 9.95. The fourth-order valence-corrected chi connectivity index (χ4v) is 2.84. The molecule has 2 nitrogen and oxygen atoms in total. The van der Waals surface area contributed by atoms with Crippen LogP contribution in [-0.2, 0) is 0 Å². The van der Waals surface area contributed by atoms with Crippen LogP contribution in [-0.4, -0.2) is 11.5 Å². The third kappa shape index (κ3) is 3.44. The van der Waals surface area contributed by atoms with Gasteiger partial charge in [-0.1, -0.05) is 30.7 Å². The van der Waals surface area contributed by atoms with Crippen molar-refractivity contribution in [1.82, 2.24) is 10.3 Å². The van der Waals surface area contributed by atoms with E-state index in [9.17, 15) is 4.39 Å². The Morgan fingerprint density at radius 1 is 1.24 bits per heavy atom. The van der Waals surface area contributed by atoms with Crippen molar-refractivity contribution in [2.24, 2.45) is 0 Å². The number of hydrogen-bond donors (Lipinski definition) is 1. The van der Waals surface area contributed by atoms with Gasteiger partial charge in [0.2, 0.25) is 0 Å². The van der Waals surface area contributed by atoms with Crippen LogP contribution in [0.15, 0.2) is 28.7 Å². The maximum Gasteiger partial charge on any atom is 0.148 e. The second-order valence-electron chi connectivity index (χ2n) is 4.88. The number of nitrogens with one attached hydrogen (secondary N) is 1. The summed E-state index contributed by atoms with van der Waals surface area (Å²) in [7, 11) is 0. The first kappa shape index (κ1) is 16.4. The minimum atomic E-state index is -0.406. The summed E-state index contributed by atoms with van der Waals surface area (Å²) in [5, 5.41) is 3.41.